The smallest absolute Gasteiger partial charge is 0.0702 e. The van der Waals surface area contributed by atoms with E-state index in [2.05, 4.69) is 131 Å². The number of fused-ring (bicyclic) bond motifs is 3. The van der Waals surface area contributed by atoms with Gasteiger partial charge in [-0.15, -0.1) is 0 Å². The Bertz CT molecular complexity index is 2020. The lowest BCUT2D eigenvalue weighted by molar-refractivity contribution is 0.756. The molecule has 2 nitrogen and oxygen atoms in total. The minimum atomic E-state index is 0.258. The van der Waals surface area contributed by atoms with Crippen LogP contribution in [-0.4, -0.2) is 9.55 Å². The number of para-hydroxylation sites is 1. The fourth-order valence-corrected chi connectivity index (χ4v) is 7.22. The summed E-state index contributed by atoms with van der Waals surface area (Å²) in [4.78, 5) is 4.64. The largest absolute Gasteiger partial charge is 0.309 e. The number of benzene rings is 5. The van der Waals surface area contributed by atoms with E-state index in [1.807, 2.05) is 12.3 Å². The van der Waals surface area contributed by atoms with Gasteiger partial charge in [-0.05, 0) is 75.8 Å². The molecule has 5 aromatic carbocycles. The molecule has 0 radical (unpaired) electrons. The molecule has 2 aromatic heterocycles. The van der Waals surface area contributed by atoms with Gasteiger partial charge in [-0.1, -0.05) is 84.9 Å². The first-order chi connectivity index (χ1) is 19.4. The Morgan fingerprint density at radius 1 is 0.462 bits per heavy atom. The van der Waals surface area contributed by atoms with E-state index in [1.54, 1.807) is 0 Å². The first-order valence-electron chi connectivity index (χ1n) is 13.6. The van der Waals surface area contributed by atoms with Gasteiger partial charge in [0.15, 0.2) is 0 Å². The molecule has 3 aliphatic carbocycles. The van der Waals surface area contributed by atoms with Crippen LogP contribution in [0.25, 0.3) is 38.8 Å². The second kappa shape index (κ2) is 7.78. The van der Waals surface area contributed by atoms with E-state index in [9.17, 15) is 0 Å². The van der Waals surface area contributed by atoms with Crippen molar-refractivity contribution in [2.24, 2.45) is 0 Å². The van der Waals surface area contributed by atoms with E-state index in [0.29, 0.717) is 0 Å². The molecule has 2 bridgehead atoms. The summed E-state index contributed by atoms with van der Waals surface area (Å²) in [5.41, 5.74) is 14.5. The minimum Gasteiger partial charge on any atom is -0.309 e. The molecule has 0 spiro atoms. The Morgan fingerprint density at radius 3 is 1.69 bits per heavy atom. The highest BCUT2D eigenvalue weighted by atomic mass is 15.0. The maximum Gasteiger partial charge on any atom is 0.0702 e. The van der Waals surface area contributed by atoms with Crippen LogP contribution in [0.3, 0.4) is 0 Å². The number of nitrogens with zero attached hydrogens (tertiary/aromatic N) is 2. The summed E-state index contributed by atoms with van der Waals surface area (Å²) in [5.74, 6) is 0.526. The molecular formula is C37H24N2. The van der Waals surface area contributed by atoms with Crippen LogP contribution in [-0.2, 0) is 0 Å². The van der Waals surface area contributed by atoms with Crippen molar-refractivity contribution in [1.82, 2.24) is 9.55 Å². The first-order valence-corrected chi connectivity index (χ1v) is 13.6. The predicted octanol–water partition coefficient (Wildman–Crippen LogP) is 8.83. The number of hydrogen-bond donors (Lipinski definition) is 0. The van der Waals surface area contributed by atoms with Crippen molar-refractivity contribution in [2.45, 2.75) is 11.8 Å². The second-order valence-corrected chi connectivity index (χ2v) is 10.7. The van der Waals surface area contributed by atoms with Crippen LogP contribution >= 0.6 is 0 Å². The molecule has 0 saturated heterocycles. The summed E-state index contributed by atoms with van der Waals surface area (Å²) in [7, 11) is 0. The Morgan fingerprint density at radius 2 is 1.05 bits per heavy atom. The minimum absolute atomic E-state index is 0.258. The van der Waals surface area contributed by atoms with Gasteiger partial charge in [-0.3, -0.25) is 4.98 Å². The normalized spacial score (nSPS) is 16.7. The standard InChI is InChI=1S/C37H24N2/c1-2-10-24(11-3-1)39-34-20-23(33-16-8-9-19-38-33)17-18-25(34)30-21-31-32(22-35(30)39)37-28-14-6-4-12-26(28)36(31)27-13-5-7-15-29(27)37/h1-22,36-37H. The maximum absolute atomic E-state index is 4.64. The molecule has 0 unspecified atom stereocenters. The summed E-state index contributed by atoms with van der Waals surface area (Å²) in [6.07, 6.45) is 1.87. The van der Waals surface area contributed by atoms with Crippen LogP contribution in [0.1, 0.15) is 45.2 Å². The third-order valence-electron chi connectivity index (χ3n) is 8.80. The molecule has 2 heterocycles. The van der Waals surface area contributed by atoms with Gasteiger partial charge in [0, 0.05) is 40.1 Å². The first kappa shape index (κ1) is 21.0. The highest BCUT2D eigenvalue weighted by molar-refractivity contribution is 6.11. The van der Waals surface area contributed by atoms with Crippen LogP contribution in [0.2, 0.25) is 0 Å². The highest BCUT2D eigenvalue weighted by Gasteiger charge is 2.41. The summed E-state index contributed by atoms with van der Waals surface area (Å²) in [6, 6.07) is 46.8. The molecule has 2 heteroatoms. The summed E-state index contributed by atoms with van der Waals surface area (Å²) >= 11 is 0. The zero-order valence-electron chi connectivity index (χ0n) is 21.3. The summed E-state index contributed by atoms with van der Waals surface area (Å²) in [5, 5.41) is 2.59. The zero-order valence-corrected chi connectivity index (χ0v) is 21.3. The van der Waals surface area contributed by atoms with Crippen molar-refractivity contribution in [3.63, 3.8) is 0 Å². The lowest BCUT2D eigenvalue weighted by Crippen LogP contribution is -2.27. The molecule has 10 rings (SSSR count). The van der Waals surface area contributed by atoms with Crippen molar-refractivity contribution in [3.05, 3.63) is 167 Å². The van der Waals surface area contributed by atoms with Crippen molar-refractivity contribution in [3.8, 4) is 16.9 Å². The molecule has 39 heavy (non-hydrogen) atoms. The quantitative estimate of drug-likeness (QED) is 0.234. The fraction of sp³-hybridized carbons (Fsp3) is 0.0541. The van der Waals surface area contributed by atoms with E-state index in [0.717, 1.165) is 11.3 Å². The highest BCUT2D eigenvalue weighted by Crippen LogP contribution is 2.56. The summed E-state index contributed by atoms with van der Waals surface area (Å²) < 4.78 is 2.44. The third-order valence-corrected chi connectivity index (χ3v) is 8.80. The Hall–Kier alpha value is -4.95. The monoisotopic (exact) mass is 496 g/mol. The van der Waals surface area contributed by atoms with Crippen LogP contribution in [0, 0.1) is 0 Å². The lowest BCUT2D eigenvalue weighted by atomic mass is 9.61. The van der Waals surface area contributed by atoms with Gasteiger partial charge < -0.3 is 4.57 Å². The van der Waals surface area contributed by atoms with E-state index in [1.165, 1.54) is 60.9 Å². The van der Waals surface area contributed by atoms with Gasteiger partial charge in [0.1, 0.15) is 0 Å². The second-order valence-electron chi connectivity index (χ2n) is 10.7. The molecule has 0 fully saturated rings. The van der Waals surface area contributed by atoms with Crippen LogP contribution in [0.15, 0.2) is 134 Å². The van der Waals surface area contributed by atoms with E-state index < -0.39 is 0 Å². The van der Waals surface area contributed by atoms with Crippen molar-refractivity contribution in [1.29, 1.82) is 0 Å². The molecule has 0 saturated carbocycles. The molecule has 0 atom stereocenters. The van der Waals surface area contributed by atoms with Crippen molar-refractivity contribution in [2.75, 3.05) is 0 Å². The van der Waals surface area contributed by atoms with Gasteiger partial charge >= 0.3 is 0 Å². The van der Waals surface area contributed by atoms with Gasteiger partial charge in [-0.2, -0.15) is 0 Å². The predicted molar refractivity (Wildman–Crippen MR) is 159 cm³/mol. The zero-order chi connectivity index (χ0) is 25.5. The fourth-order valence-electron chi connectivity index (χ4n) is 7.22. The topological polar surface area (TPSA) is 17.8 Å². The number of rotatable bonds is 2. The van der Waals surface area contributed by atoms with Crippen molar-refractivity contribution >= 4 is 21.8 Å². The molecule has 3 aliphatic rings. The SMILES string of the molecule is c1ccc(-n2c3cc(-c4ccccn4)ccc3c3cc4c(cc32)C2c3ccccc3C4c3ccccc32)cc1. The Balaban J connectivity index is 1.39. The van der Waals surface area contributed by atoms with Crippen molar-refractivity contribution < 1.29 is 0 Å². The molecule has 0 amide bonds. The van der Waals surface area contributed by atoms with E-state index in [4.69, 9.17) is 0 Å². The molecular weight excluding hydrogens is 472 g/mol. The van der Waals surface area contributed by atoms with Gasteiger partial charge in [-0.25, -0.2) is 0 Å². The molecule has 0 N–H and O–H groups in total. The third kappa shape index (κ3) is 2.83. The molecule has 0 aliphatic heterocycles. The van der Waals surface area contributed by atoms with Gasteiger partial charge in [0.2, 0.25) is 0 Å². The Labute approximate surface area is 226 Å². The number of aromatic nitrogens is 2. The van der Waals surface area contributed by atoms with E-state index in [-0.39, 0.29) is 11.8 Å². The summed E-state index contributed by atoms with van der Waals surface area (Å²) in [6.45, 7) is 0. The van der Waals surface area contributed by atoms with Crippen LogP contribution in [0.5, 0.6) is 0 Å². The number of hydrogen-bond acceptors (Lipinski definition) is 1. The van der Waals surface area contributed by atoms with Gasteiger partial charge in [0.05, 0.1) is 16.7 Å². The lowest BCUT2D eigenvalue weighted by Gasteiger charge is -2.42. The average Bonchev–Trinajstić information content (AvgIpc) is 3.33. The maximum atomic E-state index is 4.64. The number of pyridine rings is 1. The molecule has 7 aromatic rings. The van der Waals surface area contributed by atoms with Crippen LogP contribution in [0.4, 0.5) is 0 Å². The average molecular weight is 497 g/mol. The van der Waals surface area contributed by atoms with E-state index >= 15 is 0 Å². The molecule has 182 valence electrons. The van der Waals surface area contributed by atoms with Crippen LogP contribution < -0.4 is 0 Å². The van der Waals surface area contributed by atoms with Gasteiger partial charge in [0.25, 0.3) is 0 Å². The Kier molecular flexibility index (Phi) is 4.20.